The van der Waals surface area contributed by atoms with Crippen LogP contribution in [0.15, 0.2) is 46.9 Å². The molecule has 0 aliphatic carbocycles. The van der Waals surface area contributed by atoms with Crippen LogP contribution in [0.2, 0.25) is 0 Å². The van der Waals surface area contributed by atoms with Crippen molar-refractivity contribution in [3.8, 4) is 0 Å². The van der Waals surface area contributed by atoms with Crippen molar-refractivity contribution in [2.75, 3.05) is 11.9 Å². The lowest BCUT2D eigenvalue weighted by atomic mass is 9.91. The van der Waals surface area contributed by atoms with Gasteiger partial charge in [-0.2, -0.15) is 0 Å². The molecule has 25 heavy (non-hydrogen) atoms. The summed E-state index contributed by atoms with van der Waals surface area (Å²) in [5, 5.41) is 11.8. The lowest BCUT2D eigenvalue weighted by Crippen LogP contribution is -2.43. The van der Waals surface area contributed by atoms with Crippen LogP contribution in [0.4, 0.5) is 14.9 Å². The highest BCUT2D eigenvalue weighted by Crippen LogP contribution is 2.33. The van der Waals surface area contributed by atoms with Crippen LogP contribution >= 0.6 is 15.9 Å². The minimum Gasteiger partial charge on any atom is -0.481 e. The molecule has 0 bridgehead atoms. The zero-order chi connectivity index (χ0) is 18.0. The number of rotatable bonds is 3. The molecule has 3 rings (SSSR count). The Bertz CT molecular complexity index is 828. The van der Waals surface area contributed by atoms with Crippen LogP contribution in [-0.4, -0.2) is 28.6 Å². The van der Waals surface area contributed by atoms with Gasteiger partial charge in [0.05, 0.1) is 18.2 Å². The number of nitrogens with one attached hydrogen (secondary N) is 1. The van der Waals surface area contributed by atoms with Crippen molar-refractivity contribution in [2.45, 2.75) is 18.9 Å². The fourth-order valence-electron chi connectivity index (χ4n) is 3.06. The molecule has 5 nitrogen and oxygen atoms in total. The number of carbonyl (C=O) groups is 2. The maximum Gasteiger partial charge on any atom is 0.322 e. The average molecular weight is 407 g/mol. The van der Waals surface area contributed by atoms with Gasteiger partial charge in [0, 0.05) is 11.0 Å². The fraction of sp³-hybridized carbons (Fsp3) is 0.222. The number of fused-ring (bicyclic) bond motifs is 1. The van der Waals surface area contributed by atoms with E-state index in [0.29, 0.717) is 17.4 Å². The Morgan fingerprint density at radius 1 is 1.28 bits per heavy atom. The molecule has 1 atom stereocenters. The standard InChI is InChI=1S/C18H16BrFN2O3/c19-12-5-6-15(14(20)9-12)21-18(25)22-8-7-11-3-1-2-4-13(11)16(22)10-17(23)24/h1-6,9,16H,7-8,10H2,(H,21,25)(H,23,24). The second-order valence-electron chi connectivity index (χ2n) is 5.81. The number of anilines is 1. The molecule has 2 aromatic carbocycles. The number of aliphatic carboxylic acids is 1. The first-order chi connectivity index (χ1) is 12.0. The van der Waals surface area contributed by atoms with Gasteiger partial charge >= 0.3 is 12.0 Å². The number of urea groups is 1. The number of carbonyl (C=O) groups excluding carboxylic acids is 1. The van der Waals surface area contributed by atoms with Gasteiger partial charge in [-0.05, 0) is 35.7 Å². The fourth-order valence-corrected chi connectivity index (χ4v) is 3.39. The van der Waals surface area contributed by atoms with Crippen molar-refractivity contribution in [1.29, 1.82) is 0 Å². The molecule has 0 radical (unpaired) electrons. The SMILES string of the molecule is O=C(O)CC1c2ccccc2CCN1C(=O)Nc1ccc(Br)cc1F. The van der Waals surface area contributed by atoms with Crippen LogP contribution in [0, 0.1) is 5.82 Å². The summed E-state index contributed by atoms with van der Waals surface area (Å²) in [6.07, 6.45) is 0.426. The monoisotopic (exact) mass is 406 g/mol. The van der Waals surface area contributed by atoms with E-state index in [1.165, 1.54) is 17.0 Å². The van der Waals surface area contributed by atoms with Gasteiger partial charge in [-0.3, -0.25) is 4.79 Å². The zero-order valence-corrected chi connectivity index (χ0v) is 14.8. The van der Waals surface area contributed by atoms with Gasteiger partial charge in [0.2, 0.25) is 0 Å². The topological polar surface area (TPSA) is 69.6 Å². The summed E-state index contributed by atoms with van der Waals surface area (Å²) >= 11 is 3.17. The molecule has 1 aliphatic heterocycles. The first-order valence-electron chi connectivity index (χ1n) is 7.78. The third-order valence-electron chi connectivity index (χ3n) is 4.21. The number of benzene rings is 2. The summed E-state index contributed by atoms with van der Waals surface area (Å²) in [6.45, 7) is 0.374. The number of nitrogens with zero attached hydrogens (tertiary/aromatic N) is 1. The summed E-state index contributed by atoms with van der Waals surface area (Å²) in [4.78, 5) is 25.4. The molecule has 1 heterocycles. The van der Waals surface area contributed by atoms with E-state index >= 15 is 0 Å². The quantitative estimate of drug-likeness (QED) is 0.802. The summed E-state index contributed by atoms with van der Waals surface area (Å²) in [5.74, 6) is -1.55. The smallest absolute Gasteiger partial charge is 0.322 e. The van der Waals surface area contributed by atoms with E-state index in [-0.39, 0.29) is 12.1 Å². The second kappa shape index (κ2) is 7.23. The third-order valence-corrected chi connectivity index (χ3v) is 4.71. The third kappa shape index (κ3) is 3.82. The van der Waals surface area contributed by atoms with Gasteiger partial charge in [0.15, 0.2) is 0 Å². The highest BCUT2D eigenvalue weighted by atomic mass is 79.9. The highest BCUT2D eigenvalue weighted by Gasteiger charge is 2.32. The molecule has 2 aromatic rings. The van der Waals surface area contributed by atoms with Crippen molar-refractivity contribution < 1.29 is 19.1 Å². The first-order valence-corrected chi connectivity index (χ1v) is 8.57. The molecular formula is C18H16BrFN2O3. The Kier molecular flexibility index (Phi) is 5.03. The van der Waals surface area contributed by atoms with Crippen LogP contribution in [0.25, 0.3) is 0 Å². The Morgan fingerprint density at radius 2 is 2.04 bits per heavy atom. The molecule has 0 saturated heterocycles. The molecule has 1 unspecified atom stereocenters. The van der Waals surface area contributed by atoms with Crippen molar-refractivity contribution >= 4 is 33.6 Å². The zero-order valence-electron chi connectivity index (χ0n) is 13.2. The Morgan fingerprint density at radius 3 is 2.76 bits per heavy atom. The molecule has 7 heteroatoms. The number of carboxylic acid groups (broad SMARTS) is 1. The van der Waals surface area contributed by atoms with E-state index in [1.807, 2.05) is 24.3 Å². The van der Waals surface area contributed by atoms with Crippen molar-refractivity contribution in [1.82, 2.24) is 4.90 Å². The van der Waals surface area contributed by atoms with Crippen LogP contribution in [0.3, 0.4) is 0 Å². The summed E-state index contributed by atoms with van der Waals surface area (Å²) in [5.41, 5.74) is 1.91. The molecule has 130 valence electrons. The van der Waals surface area contributed by atoms with E-state index in [0.717, 1.165) is 11.1 Å². The van der Waals surface area contributed by atoms with Crippen molar-refractivity contribution in [3.63, 3.8) is 0 Å². The van der Waals surface area contributed by atoms with E-state index in [2.05, 4.69) is 21.2 Å². The maximum absolute atomic E-state index is 14.0. The summed E-state index contributed by atoms with van der Waals surface area (Å²) < 4.78 is 14.5. The Labute approximate surface area is 152 Å². The molecule has 0 spiro atoms. The van der Waals surface area contributed by atoms with Crippen LogP contribution in [0.1, 0.15) is 23.6 Å². The molecule has 2 amide bonds. The number of halogens is 2. The Hall–Kier alpha value is -2.41. The molecule has 0 fully saturated rings. The molecule has 0 saturated carbocycles. The number of amides is 2. The van der Waals surface area contributed by atoms with Crippen molar-refractivity contribution in [3.05, 3.63) is 63.9 Å². The summed E-state index contributed by atoms with van der Waals surface area (Å²) in [6, 6.07) is 10.7. The average Bonchev–Trinajstić information content (AvgIpc) is 2.57. The van der Waals surface area contributed by atoms with Gasteiger partial charge in [-0.15, -0.1) is 0 Å². The van der Waals surface area contributed by atoms with Gasteiger partial charge in [-0.1, -0.05) is 40.2 Å². The molecule has 2 N–H and O–H groups in total. The lowest BCUT2D eigenvalue weighted by Gasteiger charge is -2.36. The highest BCUT2D eigenvalue weighted by molar-refractivity contribution is 9.10. The van der Waals surface area contributed by atoms with Crippen LogP contribution < -0.4 is 5.32 Å². The van der Waals surface area contributed by atoms with E-state index in [9.17, 15) is 19.1 Å². The van der Waals surface area contributed by atoms with Gasteiger partial charge < -0.3 is 15.3 Å². The number of hydrogen-bond acceptors (Lipinski definition) is 2. The number of hydrogen-bond donors (Lipinski definition) is 2. The minimum atomic E-state index is -0.991. The Balaban J connectivity index is 1.86. The maximum atomic E-state index is 14.0. The number of carboxylic acids is 1. The van der Waals surface area contributed by atoms with Gasteiger partial charge in [0.25, 0.3) is 0 Å². The van der Waals surface area contributed by atoms with Gasteiger partial charge in [-0.25, -0.2) is 9.18 Å². The van der Waals surface area contributed by atoms with Gasteiger partial charge in [0.1, 0.15) is 5.82 Å². The van der Waals surface area contributed by atoms with E-state index < -0.39 is 23.9 Å². The van der Waals surface area contributed by atoms with Crippen LogP contribution in [0.5, 0.6) is 0 Å². The predicted octanol–water partition coefficient (Wildman–Crippen LogP) is 4.19. The molecule has 0 aromatic heterocycles. The largest absolute Gasteiger partial charge is 0.481 e. The second-order valence-corrected chi connectivity index (χ2v) is 6.73. The normalized spacial score (nSPS) is 16.2. The van der Waals surface area contributed by atoms with E-state index in [4.69, 9.17) is 0 Å². The van der Waals surface area contributed by atoms with Crippen molar-refractivity contribution in [2.24, 2.45) is 0 Å². The predicted molar refractivity (Wildman–Crippen MR) is 95.0 cm³/mol. The van der Waals surface area contributed by atoms with E-state index in [1.54, 1.807) is 6.07 Å². The molecule has 1 aliphatic rings. The molecular weight excluding hydrogens is 391 g/mol. The lowest BCUT2D eigenvalue weighted by molar-refractivity contribution is -0.138. The minimum absolute atomic E-state index is 0.0566. The first kappa shape index (κ1) is 17.4. The summed E-state index contributed by atoms with van der Waals surface area (Å²) in [7, 11) is 0. The van der Waals surface area contributed by atoms with Crippen LogP contribution in [-0.2, 0) is 11.2 Å².